The van der Waals surface area contributed by atoms with E-state index < -0.39 is 5.97 Å². The molecule has 2 aromatic carbocycles. The average molecular weight is 449 g/mol. The van der Waals surface area contributed by atoms with Gasteiger partial charge >= 0.3 is 5.97 Å². The molecule has 7 nitrogen and oxygen atoms in total. The second-order valence-electron chi connectivity index (χ2n) is 6.71. The summed E-state index contributed by atoms with van der Waals surface area (Å²) < 4.78 is 23.8. The van der Waals surface area contributed by atoms with Gasteiger partial charge in [0.25, 0.3) is 0 Å². The summed E-state index contributed by atoms with van der Waals surface area (Å²) in [5.74, 6) is -1.03. The van der Waals surface area contributed by atoms with Crippen LogP contribution in [-0.4, -0.2) is 44.3 Å². The summed E-state index contributed by atoms with van der Waals surface area (Å²) in [6.45, 7) is 0.174. The van der Waals surface area contributed by atoms with Crippen molar-refractivity contribution < 1.29 is 28.3 Å². The third-order valence-corrected chi connectivity index (χ3v) is 4.83. The number of esters is 1. The molecule has 3 rings (SSSR count). The van der Waals surface area contributed by atoms with Gasteiger partial charge < -0.3 is 19.1 Å². The number of hydrogen-bond donors (Lipinski definition) is 0. The normalized spacial score (nSPS) is 14.3. The number of nitrogens with zero attached hydrogens (tertiary/aromatic N) is 2. The molecule has 0 saturated heterocycles. The molecule has 31 heavy (non-hydrogen) atoms. The van der Waals surface area contributed by atoms with Crippen LogP contribution in [0.25, 0.3) is 0 Å². The van der Waals surface area contributed by atoms with Crippen molar-refractivity contribution in [3.8, 4) is 0 Å². The van der Waals surface area contributed by atoms with Gasteiger partial charge in [-0.2, -0.15) is 0 Å². The van der Waals surface area contributed by atoms with E-state index >= 15 is 0 Å². The van der Waals surface area contributed by atoms with Crippen molar-refractivity contribution in [3.63, 3.8) is 0 Å². The molecule has 0 amide bonds. The molecule has 0 radical (unpaired) electrons. The minimum atomic E-state index is -0.682. The van der Waals surface area contributed by atoms with Crippen molar-refractivity contribution in [3.05, 3.63) is 70.0 Å². The highest BCUT2D eigenvalue weighted by molar-refractivity contribution is 6.44. The van der Waals surface area contributed by atoms with Gasteiger partial charge in [0.1, 0.15) is 25.2 Å². The number of benzene rings is 2. The van der Waals surface area contributed by atoms with E-state index in [1.54, 1.807) is 30.3 Å². The lowest BCUT2D eigenvalue weighted by Gasteiger charge is -2.12. The predicted octanol–water partition coefficient (Wildman–Crippen LogP) is 4.10. The summed E-state index contributed by atoms with van der Waals surface area (Å²) in [6, 6.07) is 10.9. The zero-order valence-electron chi connectivity index (χ0n) is 17.1. The molecule has 0 spiro atoms. The lowest BCUT2D eigenvalue weighted by Crippen LogP contribution is -2.20. The first-order chi connectivity index (χ1) is 15.0. The number of oxime groups is 2. The predicted molar refractivity (Wildman–Crippen MR) is 114 cm³/mol. The van der Waals surface area contributed by atoms with Crippen molar-refractivity contribution in [1.29, 1.82) is 0 Å². The van der Waals surface area contributed by atoms with Crippen LogP contribution >= 0.6 is 11.6 Å². The van der Waals surface area contributed by atoms with Crippen molar-refractivity contribution in [2.45, 2.75) is 25.6 Å². The first-order valence-electron chi connectivity index (χ1n) is 9.57. The van der Waals surface area contributed by atoms with E-state index in [4.69, 9.17) is 30.7 Å². The zero-order valence-corrected chi connectivity index (χ0v) is 17.9. The SMILES string of the molecule is CO/N=C(/C(=O)OC)c1cccc(Cl)c1CO/N=C(\COC1CC1)c1ccc(F)cc1. The molecule has 164 valence electrons. The van der Waals surface area contributed by atoms with E-state index in [0.717, 1.165) is 12.8 Å². The van der Waals surface area contributed by atoms with Gasteiger partial charge in [0, 0.05) is 21.7 Å². The Labute approximate surface area is 184 Å². The van der Waals surface area contributed by atoms with Gasteiger partial charge in [-0.05, 0) is 31.0 Å². The Hall–Kier alpha value is -2.97. The third-order valence-electron chi connectivity index (χ3n) is 4.48. The number of carbonyl (C=O) groups excluding carboxylic acids is 1. The van der Waals surface area contributed by atoms with Crippen molar-refractivity contribution in [2.24, 2.45) is 10.3 Å². The molecule has 1 aliphatic carbocycles. The number of halogens is 2. The first-order valence-corrected chi connectivity index (χ1v) is 9.95. The third kappa shape index (κ3) is 6.26. The fourth-order valence-electron chi connectivity index (χ4n) is 2.72. The molecule has 2 aromatic rings. The summed E-state index contributed by atoms with van der Waals surface area (Å²) >= 11 is 6.34. The van der Waals surface area contributed by atoms with E-state index in [2.05, 4.69) is 10.3 Å². The maximum atomic E-state index is 13.3. The van der Waals surface area contributed by atoms with E-state index in [1.807, 2.05) is 0 Å². The molecular weight excluding hydrogens is 427 g/mol. The molecular formula is C22H22ClFN2O5. The largest absolute Gasteiger partial charge is 0.464 e. The Morgan fingerprint density at radius 2 is 1.87 bits per heavy atom. The van der Waals surface area contributed by atoms with Crippen LogP contribution in [-0.2, 0) is 30.6 Å². The van der Waals surface area contributed by atoms with Crippen LogP contribution in [0.3, 0.4) is 0 Å². The van der Waals surface area contributed by atoms with Crippen LogP contribution in [0.15, 0.2) is 52.8 Å². The zero-order chi connectivity index (χ0) is 22.2. The number of ether oxygens (including phenoxy) is 2. The standard InChI is InChI=1S/C22H22ClFN2O5/c1-28-22(27)21(26-29-2)17-4-3-5-19(23)18(17)12-31-25-20(13-30-16-10-11-16)14-6-8-15(24)9-7-14/h3-9,16H,10-13H2,1-2H3/b25-20+,26-21+. The highest BCUT2D eigenvalue weighted by atomic mass is 35.5. The highest BCUT2D eigenvalue weighted by Crippen LogP contribution is 2.25. The van der Waals surface area contributed by atoms with Crippen molar-refractivity contribution in [2.75, 3.05) is 20.8 Å². The molecule has 0 unspecified atom stereocenters. The van der Waals surface area contributed by atoms with Crippen LogP contribution in [0.2, 0.25) is 5.02 Å². The second kappa shape index (κ2) is 10.9. The topological polar surface area (TPSA) is 78.7 Å². The summed E-state index contributed by atoms with van der Waals surface area (Å²) in [4.78, 5) is 22.5. The molecule has 0 bridgehead atoms. The molecule has 1 fully saturated rings. The number of hydrogen-bond acceptors (Lipinski definition) is 7. The van der Waals surface area contributed by atoms with Gasteiger partial charge in [0.15, 0.2) is 5.71 Å². The lowest BCUT2D eigenvalue weighted by molar-refractivity contribution is -0.132. The number of methoxy groups -OCH3 is 1. The summed E-state index contributed by atoms with van der Waals surface area (Å²) in [5, 5.41) is 8.31. The lowest BCUT2D eigenvalue weighted by atomic mass is 10.0. The molecule has 0 N–H and O–H groups in total. The maximum Gasteiger partial charge on any atom is 0.360 e. The monoisotopic (exact) mass is 448 g/mol. The quantitative estimate of drug-likeness (QED) is 0.310. The van der Waals surface area contributed by atoms with Gasteiger partial charge in [-0.15, -0.1) is 0 Å². The van der Waals surface area contributed by atoms with Gasteiger partial charge in [-0.1, -0.05) is 46.2 Å². The van der Waals surface area contributed by atoms with Crippen LogP contribution in [0, 0.1) is 5.82 Å². The molecule has 9 heteroatoms. The minimum Gasteiger partial charge on any atom is -0.464 e. The average Bonchev–Trinajstić information content (AvgIpc) is 3.60. The summed E-state index contributed by atoms with van der Waals surface area (Å²) in [7, 11) is 2.57. The van der Waals surface area contributed by atoms with Crippen LogP contribution in [0.1, 0.15) is 29.5 Å². The molecule has 0 atom stereocenters. The first kappa shape index (κ1) is 22.7. The van der Waals surface area contributed by atoms with E-state index in [0.29, 0.717) is 27.4 Å². The molecule has 1 aliphatic rings. The Morgan fingerprint density at radius 1 is 1.13 bits per heavy atom. The Balaban J connectivity index is 1.83. The number of rotatable bonds is 10. The van der Waals surface area contributed by atoms with Gasteiger partial charge in [-0.3, -0.25) is 0 Å². The molecule has 0 aromatic heterocycles. The fraction of sp³-hybridized carbons (Fsp3) is 0.318. The fourth-order valence-corrected chi connectivity index (χ4v) is 2.95. The van der Waals surface area contributed by atoms with Gasteiger partial charge in [0.2, 0.25) is 0 Å². The molecule has 1 saturated carbocycles. The van der Waals surface area contributed by atoms with Gasteiger partial charge in [0.05, 0.1) is 19.8 Å². The molecule has 0 heterocycles. The smallest absolute Gasteiger partial charge is 0.360 e. The summed E-state index contributed by atoms with van der Waals surface area (Å²) in [6.07, 6.45) is 2.24. The van der Waals surface area contributed by atoms with Gasteiger partial charge in [-0.25, -0.2) is 9.18 Å². The van der Waals surface area contributed by atoms with Crippen LogP contribution in [0.4, 0.5) is 4.39 Å². The summed E-state index contributed by atoms with van der Waals surface area (Å²) in [5.41, 5.74) is 2.02. The minimum absolute atomic E-state index is 0.0501. The van der Waals surface area contributed by atoms with E-state index in [9.17, 15) is 9.18 Å². The maximum absolute atomic E-state index is 13.3. The van der Waals surface area contributed by atoms with Crippen LogP contribution in [0.5, 0.6) is 0 Å². The Bertz CT molecular complexity index is 974. The van der Waals surface area contributed by atoms with E-state index in [-0.39, 0.29) is 30.8 Å². The molecule has 0 aliphatic heterocycles. The van der Waals surface area contributed by atoms with Crippen LogP contribution < -0.4 is 0 Å². The van der Waals surface area contributed by atoms with Crippen molar-refractivity contribution in [1.82, 2.24) is 0 Å². The highest BCUT2D eigenvalue weighted by Gasteiger charge is 2.24. The Kier molecular flexibility index (Phi) is 7.97. The second-order valence-corrected chi connectivity index (χ2v) is 7.12. The Morgan fingerprint density at radius 3 is 2.52 bits per heavy atom. The number of carbonyl (C=O) groups is 1. The van der Waals surface area contributed by atoms with Crippen molar-refractivity contribution >= 4 is 29.0 Å². The van der Waals surface area contributed by atoms with E-state index in [1.165, 1.54) is 26.4 Å².